The molecule has 7 heteroatoms. The van der Waals surface area contributed by atoms with Crippen LogP contribution >= 0.6 is 0 Å². The Kier molecular flexibility index (Phi) is 5.64. The summed E-state index contributed by atoms with van der Waals surface area (Å²) in [5.74, 6) is -1.82. The summed E-state index contributed by atoms with van der Waals surface area (Å²) in [7, 11) is 0. The van der Waals surface area contributed by atoms with Crippen LogP contribution in [0.15, 0.2) is 48.5 Å². The van der Waals surface area contributed by atoms with Gasteiger partial charge in [0.2, 0.25) is 11.7 Å². The molecule has 0 unspecified atom stereocenters. The van der Waals surface area contributed by atoms with E-state index in [-0.39, 0.29) is 22.8 Å². The first-order valence-electron chi connectivity index (χ1n) is 9.57. The number of anilines is 2. The quantitative estimate of drug-likeness (QED) is 0.482. The molecule has 0 aliphatic carbocycles. The van der Waals surface area contributed by atoms with Gasteiger partial charge in [0.25, 0.3) is 0 Å². The van der Waals surface area contributed by atoms with Crippen molar-refractivity contribution in [2.45, 2.75) is 33.7 Å². The Morgan fingerprint density at radius 1 is 1.07 bits per heavy atom. The molecule has 0 spiro atoms. The molecule has 7 nitrogen and oxygen atoms in total. The number of ketones is 1. The number of para-hydroxylation sites is 1. The molecule has 0 radical (unpaired) electrons. The number of hydrogen-bond donors (Lipinski definition) is 2. The minimum Gasteiger partial charge on any atom is -0.548 e. The van der Waals surface area contributed by atoms with Gasteiger partial charge in [0.1, 0.15) is 0 Å². The second-order valence-electron chi connectivity index (χ2n) is 8.46. The van der Waals surface area contributed by atoms with Crippen molar-refractivity contribution in [3.8, 4) is 0 Å². The number of benzene rings is 2. The number of nitrogen functional groups attached to an aromatic ring is 1. The predicted octanol–water partition coefficient (Wildman–Crippen LogP) is 2.58. The number of nitrogens with zero attached hydrogens (tertiary/aromatic N) is 1. The molecule has 0 aliphatic heterocycles. The van der Waals surface area contributed by atoms with E-state index in [1.165, 1.54) is 4.57 Å². The predicted molar refractivity (Wildman–Crippen MR) is 114 cm³/mol. The molecule has 0 bridgehead atoms. The summed E-state index contributed by atoms with van der Waals surface area (Å²) >= 11 is 0. The largest absolute Gasteiger partial charge is 0.548 e. The number of rotatable bonds is 6. The van der Waals surface area contributed by atoms with Crippen LogP contribution in [0.5, 0.6) is 0 Å². The van der Waals surface area contributed by atoms with Gasteiger partial charge in [-0.15, -0.1) is 0 Å². The van der Waals surface area contributed by atoms with Gasteiger partial charge in [-0.25, -0.2) is 0 Å². The van der Waals surface area contributed by atoms with Gasteiger partial charge in [-0.2, -0.15) is 0 Å². The summed E-state index contributed by atoms with van der Waals surface area (Å²) in [6.45, 7) is 5.45. The first-order valence-corrected chi connectivity index (χ1v) is 9.57. The Balaban J connectivity index is 2.02. The minimum absolute atomic E-state index is 0.121. The van der Waals surface area contributed by atoms with Crippen LogP contribution in [-0.2, 0) is 16.1 Å². The van der Waals surface area contributed by atoms with Gasteiger partial charge >= 0.3 is 0 Å². The van der Waals surface area contributed by atoms with Crippen LogP contribution < -0.4 is 16.2 Å². The number of carbonyl (C=O) groups is 3. The average Bonchev–Trinajstić information content (AvgIpc) is 2.97. The topological polar surface area (TPSA) is 117 Å². The van der Waals surface area contributed by atoms with Crippen LogP contribution in [0.4, 0.5) is 11.4 Å². The van der Waals surface area contributed by atoms with E-state index in [2.05, 4.69) is 5.32 Å². The average molecular weight is 406 g/mol. The molecular weight excluding hydrogens is 382 g/mol. The van der Waals surface area contributed by atoms with Crippen LogP contribution in [0.2, 0.25) is 0 Å². The van der Waals surface area contributed by atoms with Crippen molar-refractivity contribution >= 4 is 39.9 Å². The SMILES string of the molecule is CC(C)(C)CC(=O)Nc1ccc2c(c1)cc(C(=O)c1ccccc1N)n2CC(=O)[O-]. The van der Waals surface area contributed by atoms with Gasteiger partial charge in [-0.1, -0.05) is 32.9 Å². The fourth-order valence-corrected chi connectivity index (χ4v) is 3.36. The summed E-state index contributed by atoms with van der Waals surface area (Å²) < 4.78 is 1.39. The minimum atomic E-state index is -1.31. The zero-order valence-corrected chi connectivity index (χ0v) is 17.2. The van der Waals surface area contributed by atoms with E-state index in [0.29, 0.717) is 34.3 Å². The third-order valence-corrected chi connectivity index (χ3v) is 4.60. The number of nitrogens with two attached hydrogens (primary N) is 1. The number of carboxylic acids is 1. The number of aliphatic carboxylic acids is 1. The van der Waals surface area contributed by atoms with Crippen molar-refractivity contribution in [1.29, 1.82) is 0 Å². The van der Waals surface area contributed by atoms with E-state index in [9.17, 15) is 19.5 Å². The molecular formula is C23H24N3O4-. The van der Waals surface area contributed by atoms with E-state index >= 15 is 0 Å². The highest BCUT2D eigenvalue weighted by Crippen LogP contribution is 2.27. The number of carboxylic acid groups (broad SMARTS) is 1. The van der Waals surface area contributed by atoms with Gasteiger partial charge in [0.05, 0.1) is 18.2 Å². The lowest BCUT2D eigenvalue weighted by Crippen LogP contribution is -2.29. The van der Waals surface area contributed by atoms with Crippen LogP contribution in [0.25, 0.3) is 10.9 Å². The Hall–Kier alpha value is -3.61. The number of amides is 1. The highest BCUT2D eigenvalue weighted by molar-refractivity contribution is 6.13. The fourth-order valence-electron chi connectivity index (χ4n) is 3.36. The molecule has 0 saturated heterocycles. The molecule has 0 atom stereocenters. The third-order valence-electron chi connectivity index (χ3n) is 4.60. The summed E-state index contributed by atoms with van der Waals surface area (Å²) in [5, 5.41) is 14.8. The molecule has 0 fully saturated rings. The zero-order chi connectivity index (χ0) is 22.1. The maximum atomic E-state index is 13.1. The first-order chi connectivity index (χ1) is 14.0. The van der Waals surface area contributed by atoms with Crippen LogP contribution in [0.3, 0.4) is 0 Å². The van der Waals surface area contributed by atoms with Crippen molar-refractivity contribution in [3.63, 3.8) is 0 Å². The number of nitrogens with one attached hydrogen (secondary N) is 1. The summed E-state index contributed by atoms with van der Waals surface area (Å²) in [5.41, 5.74) is 7.68. The lowest BCUT2D eigenvalue weighted by molar-refractivity contribution is -0.306. The molecule has 1 amide bonds. The van der Waals surface area contributed by atoms with E-state index in [1.54, 1.807) is 48.5 Å². The summed E-state index contributed by atoms with van der Waals surface area (Å²) in [6, 6.07) is 13.3. The zero-order valence-electron chi connectivity index (χ0n) is 17.2. The number of carbonyl (C=O) groups excluding carboxylic acids is 3. The van der Waals surface area contributed by atoms with Crippen LogP contribution in [0, 0.1) is 5.41 Å². The van der Waals surface area contributed by atoms with E-state index < -0.39 is 12.5 Å². The van der Waals surface area contributed by atoms with Crippen LogP contribution in [0.1, 0.15) is 43.2 Å². The first kappa shape index (κ1) is 21.1. The Morgan fingerprint density at radius 2 is 1.77 bits per heavy atom. The van der Waals surface area contributed by atoms with Gasteiger partial charge in [-0.3, -0.25) is 9.59 Å². The van der Waals surface area contributed by atoms with Crippen molar-refractivity contribution in [2.75, 3.05) is 11.1 Å². The Labute approximate surface area is 174 Å². The molecule has 2 aromatic carbocycles. The standard InChI is InChI=1S/C23H25N3O4/c1-23(2,3)12-20(27)25-15-8-9-18-14(10-15)11-19(26(18)13-21(28)29)22(30)16-6-4-5-7-17(16)24/h4-11H,12-13,24H2,1-3H3,(H,25,27)(H,28,29)/p-1. The smallest absolute Gasteiger partial charge is 0.224 e. The maximum absolute atomic E-state index is 13.1. The van der Waals surface area contributed by atoms with E-state index in [0.717, 1.165) is 0 Å². The van der Waals surface area contributed by atoms with Gasteiger partial charge in [0, 0.05) is 34.3 Å². The van der Waals surface area contributed by atoms with Gasteiger partial charge in [0.15, 0.2) is 0 Å². The Bertz CT molecular complexity index is 1140. The van der Waals surface area contributed by atoms with Crippen molar-refractivity contribution in [2.24, 2.45) is 5.41 Å². The molecule has 30 heavy (non-hydrogen) atoms. The molecule has 156 valence electrons. The number of fused-ring (bicyclic) bond motifs is 1. The van der Waals surface area contributed by atoms with Crippen molar-refractivity contribution in [3.05, 3.63) is 59.8 Å². The monoisotopic (exact) mass is 406 g/mol. The molecule has 0 saturated carbocycles. The normalized spacial score (nSPS) is 11.4. The van der Waals surface area contributed by atoms with Crippen molar-refractivity contribution in [1.82, 2.24) is 4.57 Å². The molecule has 3 aromatic rings. The van der Waals surface area contributed by atoms with E-state index in [1.807, 2.05) is 20.8 Å². The fraction of sp³-hybridized carbons (Fsp3) is 0.261. The molecule has 1 heterocycles. The third kappa shape index (κ3) is 4.68. The van der Waals surface area contributed by atoms with Gasteiger partial charge in [-0.05, 0) is 41.8 Å². The lowest BCUT2D eigenvalue weighted by atomic mass is 9.92. The number of hydrogen-bond acceptors (Lipinski definition) is 5. The second kappa shape index (κ2) is 8.02. The van der Waals surface area contributed by atoms with Crippen LogP contribution in [-0.4, -0.2) is 22.2 Å². The number of aromatic nitrogens is 1. The summed E-state index contributed by atoms with van der Waals surface area (Å²) in [6.07, 6.45) is 0.355. The molecule has 3 rings (SSSR count). The van der Waals surface area contributed by atoms with Gasteiger partial charge < -0.3 is 25.5 Å². The maximum Gasteiger partial charge on any atom is 0.224 e. The highest BCUT2D eigenvalue weighted by atomic mass is 16.4. The van der Waals surface area contributed by atoms with E-state index in [4.69, 9.17) is 5.73 Å². The summed E-state index contributed by atoms with van der Waals surface area (Å²) in [4.78, 5) is 36.6. The second-order valence-corrected chi connectivity index (χ2v) is 8.46. The molecule has 1 aromatic heterocycles. The van der Waals surface area contributed by atoms with Crippen molar-refractivity contribution < 1.29 is 19.5 Å². The molecule has 3 N–H and O–H groups in total. The highest BCUT2D eigenvalue weighted by Gasteiger charge is 2.20. The molecule has 0 aliphatic rings. The lowest BCUT2D eigenvalue weighted by Gasteiger charge is -2.17. The Morgan fingerprint density at radius 3 is 2.40 bits per heavy atom.